The van der Waals surface area contributed by atoms with Crippen molar-refractivity contribution in [1.29, 1.82) is 0 Å². The van der Waals surface area contributed by atoms with Gasteiger partial charge in [0.2, 0.25) is 0 Å². The molecule has 0 spiro atoms. The van der Waals surface area contributed by atoms with Crippen LogP contribution < -0.4 is 5.73 Å². The summed E-state index contributed by atoms with van der Waals surface area (Å²) in [6.45, 7) is 1.98. The van der Waals surface area contributed by atoms with Gasteiger partial charge in [0.05, 0.1) is 7.11 Å². The van der Waals surface area contributed by atoms with Gasteiger partial charge in [-0.15, -0.1) is 0 Å². The molecule has 15 heavy (non-hydrogen) atoms. The third-order valence-electron chi connectivity index (χ3n) is 2.48. The van der Waals surface area contributed by atoms with Crippen molar-refractivity contribution in [1.82, 2.24) is 4.57 Å². The first-order valence-corrected chi connectivity index (χ1v) is 5.04. The number of ether oxygens (including phenoxy) is 1. The van der Waals surface area contributed by atoms with E-state index in [1.54, 1.807) is 6.07 Å². The molecule has 1 rings (SSSR count). The molecule has 0 aliphatic heterocycles. The monoisotopic (exact) mass is 210 g/mol. The Balaban J connectivity index is 2.75. The number of nitrogens with two attached hydrogens (primary N) is 1. The van der Waals surface area contributed by atoms with Crippen LogP contribution in [0.1, 0.15) is 29.5 Å². The van der Waals surface area contributed by atoms with Crippen LogP contribution in [-0.2, 0) is 18.2 Å². The van der Waals surface area contributed by atoms with Gasteiger partial charge in [-0.2, -0.15) is 0 Å². The van der Waals surface area contributed by atoms with E-state index in [4.69, 9.17) is 5.73 Å². The Bertz CT molecular complexity index is 342. The molecule has 0 radical (unpaired) electrons. The number of methoxy groups -OCH3 is 1. The van der Waals surface area contributed by atoms with Crippen molar-refractivity contribution in [3.8, 4) is 0 Å². The molecule has 4 nitrogen and oxygen atoms in total. The second-order valence-corrected chi connectivity index (χ2v) is 3.78. The molecule has 0 bridgehead atoms. The zero-order valence-corrected chi connectivity index (χ0v) is 9.49. The van der Waals surface area contributed by atoms with Crippen molar-refractivity contribution < 1.29 is 9.53 Å². The highest BCUT2D eigenvalue weighted by atomic mass is 16.5. The fourth-order valence-electron chi connectivity index (χ4n) is 1.49. The van der Waals surface area contributed by atoms with Crippen LogP contribution in [0.15, 0.2) is 12.1 Å². The first-order valence-electron chi connectivity index (χ1n) is 5.04. The van der Waals surface area contributed by atoms with Crippen LogP contribution in [0.4, 0.5) is 0 Å². The van der Waals surface area contributed by atoms with Gasteiger partial charge in [0.1, 0.15) is 5.69 Å². The van der Waals surface area contributed by atoms with Gasteiger partial charge in [-0.25, -0.2) is 4.79 Å². The van der Waals surface area contributed by atoms with Crippen molar-refractivity contribution in [2.24, 2.45) is 12.8 Å². The molecule has 0 aromatic carbocycles. The van der Waals surface area contributed by atoms with Crippen LogP contribution in [0.5, 0.6) is 0 Å². The Morgan fingerprint density at radius 1 is 1.60 bits per heavy atom. The summed E-state index contributed by atoms with van der Waals surface area (Å²) in [6.07, 6.45) is 1.80. The average Bonchev–Trinajstić information content (AvgIpc) is 2.56. The van der Waals surface area contributed by atoms with Crippen molar-refractivity contribution in [3.05, 3.63) is 23.5 Å². The van der Waals surface area contributed by atoms with E-state index in [1.165, 1.54) is 7.11 Å². The fourth-order valence-corrected chi connectivity index (χ4v) is 1.49. The Hall–Kier alpha value is -1.29. The molecule has 0 amide bonds. The van der Waals surface area contributed by atoms with Gasteiger partial charge in [-0.1, -0.05) is 0 Å². The summed E-state index contributed by atoms with van der Waals surface area (Å²) >= 11 is 0. The molecule has 0 unspecified atom stereocenters. The summed E-state index contributed by atoms with van der Waals surface area (Å²) in [5.41, 5.74) is 7.37. The number of aromatic nitrogens is 1. The smallest absolute Gasteiger partial charge is 0.354 e. The molecule has 1 heterocycles. The van der Waals surface area contributed by atoms with E-state index < -0.39 is 0 Å². The number of carbonyl (C=O) groups excluding carboxylic acids is 1. The highest BCUT2D eigenvalue weighted by Gasteiger charge is 2.12. The van der Waals surface area contributed by atoms with Crippen LogP contribution in [0.25, 0.3) is 0 Å². The van der Waals surface area contributed by atoms with Crippen molar-refractivity contribution >= 4 is 5.97 Å². The van der Waals surface area contributed by atoms with Crippen LogP contribution in [0, 0.1) is 0 Å². The van der Waals surface area contributed by atoms with Crippen LogP contribution in [-0.4, -0.2) is 23.7 Å². The van der Waals surface area contributed by atoms with Gasteiger partial charge >= 0.3 is 5.97 Å². The lowest BCUT2D eigenvalue weighted by atomic mass is 10.1. The number of aryl methyl sites for hydroxylation is 1. The Labute approximate surface area is 90.0 Å². The molecule has 1 atom stereocenters. The number of rotatable bonds is 4. The normalized spacial score (nSPS) is 12.5. The van der Waals surface area contributed by atoms with E-state index in [9.17, 15) is 4.79 Å². The Morgan fingerprint density at radius 3 is 2.80 bits per heavy atom. The van der Waals surface area contributed by atoms with E-state index in [1.807, 2.05) is 24.6 Å². The summed E-state index contributed by atoms with van der Waals surface area (Å²) < 4.78 is 6.53. The quantitative estimate of drug-likeness (QED) is 0.757. The molecule has 0 saturated heterocycles. The molecule has 4 heteroatoms. The van der Waals surface area contributed by atoms with Gasteiger partial charge in [-0.3, -0.25) is 0 Å². The summed E-state index contributed by atoms with van der Waals surface area (Å²) in [7, 11) is 3.25. The lowest BCUT2D eigenvalue weighted by molar-refractivity contribution is 0.0589. The summed E-state index contributed by atoms with van der Waals surface area (Å²) in [5.74, 6) is -0.301. The minimum Gasteiger partial charge on any atom is -0.464 e. The van der Waals surface area contributed by atoms with Crippen LogP contribution in [0.2, 0.25) is 0 Å². The first kappa shape index (κ1) is 11.8. The fraction of sp³-hybridized carbons (Fsp3) is 0.545. The lowest BCUT2D eigenvalue weighted by Gasteiger charge is -2.07. The van der Waals surface area contributed by atoms with Gasteiger partial charge in [0, 0.05) is 18.8 Å². The molecular weight excluding hydrogens is 192 g/mol. The molecule has 0 aliphatic rings. The number of hydrogen-bond acceptors (Lipinski definition) is 3. The van der Waals surface area contributed by atoms with E-state index >= 15 is 0 Å². The van der Waals surface area contributed by atoms with Gasteiger partial charge < -0.3 is 15.0 Å². The summed E-state index contributed by atoms with van der Waals surface area (Å²) in [4.78, 5) is 11.3. The molecule has 0 fully saturated rings. The largest absolute Gasteiger partial charge is 0.464 e. The maximum atomic E-state index is 11.3. The predicted molar refractivity (Wildman–Crippen MR) is 58.7 cm³/mol. The summed E-state index contributed by atoms with van der Waals surface area (Å²) in [6, 6.07) is 3.90. The topological polar surface area (TPSA) is 57.2 Å². The van der Waals surface area contributed by atoms with E-state index in [-0.39, 0.29) is 12.0 Å². The molecule has 2 N–H and O–H groups in total. The summed E-state index contributed by atoms with van der Waals surface area (Å²) in [5, 5.41) is 0. The number of hydrogen-bond donors (Lipinski definition) is 1. The minimum absolute atomic E-state index is 0.182. The van der Waals surface area contributed by atoms with E-state index in [0.717, 1.165) is 18.5 Å². The van der Waals surface area contributed by atoms with E-state index in [0.29, 0.717) is 5.69 Å². The molecule has 0 saturated carbocycles. The first-order chi connectivity index (χ1) is 7.06. The molecule has 1 aromatic rings. The predicted octanol–water partition coefficient (Wildman–Crippen LogP) is 1.09. The Kier molecular flexibility index (Phi) is 3.91. The number of carbonyl (C=O) groups is 1. The average molecular weight is 210 g/mol. The Morgan fingerprint density at radius 2 is 2.27 bits per heavy atom. The van der Waals surface area contributed by atoms with Crippen molar-refractivity contribution in [2.45, 2.75) is 25.8 Å². The molecule has 84 valence electrons. The van der Waals surface area contributed by atoms with Gasteiger partial charge in [0.15, 0.2) is 0 Å². The van der Waals surface area contributed by atoms with Crippen molar-refractivity contribution in [3.63, 3.8) is 0 Å². The number of nitrogens with zero attached hydrogens (tertiary/aromatic N) is 1. The molecular formula is C11H18N2O2. The zero-order chi connectivity index (χ0) is 11.4. The lowest BCUT2D eigenvalue weighted by Crippen LogP contribution is -2.16. The highest BCUT2D eigenvalue weighted by Crippen LogP contribution is 2.11. The van der Waals surface area contributed by atoms with Gasteiger partial charge in [-0.05, 0) is 31.9 Å². The molecule has 0 aliphatic carbocycles. The van der Waals surface area contributed by atoms with Crippen LogP contribution >= 0.6 is 0 Å². The SMILES string of the molecule is COC(=O)c1ccc(CC[C@@H](C)N)n1C. The maximum absolute atomic E-state index is 11.3. The van der Waals surface area contributed by atoms with Crippen LogP contribution in [0.3, 0.4) is 0 Å². The number of esters is 1. The second-order valence-electron chi connectivity index (χ2n) is 3.78. The minimum atomic E-state index is -0.301. The third-order valence-corrected chi connectivity index (χ3v) is 2.48. The highest BCUT2D eigenvalue weighted by molar-refractivity contribution is 5.87. The zero-order valence-electron chi connectivity index (χ0n) is 9.49. The standard InChI is InChI=1S/C11H18N2O2/c1-8(12)4-5-9-6-7-10(13(9)2)11(14)15-3/h6-8H,4-5,12H2,1-3H3/t8-/m1/s1. The molecule has 1 aromatic heterocycles. The van der Waals surface area contributed by atoms with Crippen molar-refractivity contribution in [2.75, 3.05) is 7.11 Å². The van der Waals surface area contributed by atoms with Gasteiger partial charge in [0.25, 0.3) is 0 Å². The van der Waals surface area contributed by atoms with E-state index in [2.05, 4.69) is 4.74 Å². The second kappa shape index (κ2) is 4.98. The third kappa shape index (κ3) is 2.83. The maximum Gasteiger partial charge on any atom is 0.354 e.